The van der Waals surface area contributed by atoms with Crippen molar-refractivity contribution in [3.8, 4) is 0 Å². The van der Waals surface area contributed by atoms with Gasteiger partial charge in [0.1, 0.15) is 0 Å². The molecular formula is C14H19NO. The summed E-state index contributed by atoms with van der Waals surface area (Å²) in [6.07, 6.45) is 0. The Labute approximate surface area is 97.2 Å². The van der Waals surface area contributed by atoms with E-state index < -0.39 is 5.60 Å². The van der Waals surface area contributed by atoms with Crippen molar-refractivity contribution in [2.24, 2.45) is 0 Å². The Morgan fingerprint density at radius 3 is 2.56 bits per heavy atom. The third kappa shape index (κ3) is 1.91. The van der Waals surface area contributed by atoms with E-state index >= 15 is 0 Å². The standard InChI is InChI=1S/C14H19NO/c1-11-9-15(12(2)14(11,3)16)10-13-7-5-4-6-8-13/h4-8,12,16H,1,9-10H2,2-3H3. The van der Waals surface area contributed by atoms with Crippen LogP contribution >= 0.6 is 0 Å². The highest BCUT2D eigenvalue weighted by atomic mass is 16.3. The summed E-state index contributed by atoms with van der Waals surface area (Å²) in [5.74, 6) is 0. The molecule has 2 atom stereocenters. The van der Waals surface area contributed by atoms with Crippen molar-refractivity contribution in [1.82, 2.24) is 4.90 Å². The summed E-state index contributed by atoms with van der Waals surface area (Å²) in [4.78, 5) is 2.26. The van der Waals surface area contributed by atoms with Gasteiger partial charge in [-0.05, 0) is 25.0 Å². The van der Waals surface area contributed by atoms with Crippen LogP contribution in [-0.4, -0.2) is 28.2 Å². The molecule has 1 aromatic rings. The summed E-state index contributed by atoms with van der Waals surface area (Å²) in [6.45, 7) is 9.52. The lowest BCUT2D eigenvalue weighted by Crippen LogP contribution is -2.40. The molecule has 1 saturated heterocycles. The molecule has 1 heterocycles. The van der Waals surface area contributed by atoms with Gasteiger partial charge in [-0.3, -0.25) is 4.90 Å². The second kappa shape index (κ2) is 4.04. The van der Waals surface area contributed by atoms with Gasteiger partial charge >= 0.3 is 0 Å². The van der Waals surface area contributed by atoms with Crippen molar-refractivity contribution in [3.63, 3.8) is 0 Å². The van der Waals surface area contributed by atoms with Crippen LogP contribution in [0.1, 0.15) is 19.4 Å². The lowest BCUT2D eigenvalue weighted by atomic mass is 9.95. The first-order valence-corrected chi connectivity index (χ1v) is 5.70. The van der Waals surface area contributed by atoms with Crippen molar-refractivity contribution >= 4 is 0 Å². The van der Waals surface area contributed by atoms with Crippen molar-refractivity contribution in [2.75, 3.05) is 6.54 Å². The molecule has 16 heavy (non-hydrogen) atoms. The van der Waals surface area contributed by atoms with Crippen molar-refractivity contribution in [1.29, 1.82) is 0 Å². The fraction of sp³-hybridized carbons (Fsp3) is 0.429. The molecule has 0 spiro atoms. The van der Waals surface area contributed by atoms with Crippen LogP contribution in [0.4, 0.5) is 0 Å². The predicted octanol–water partition coefficient (Wildman–Crippen LogP) is 2.20. The molecule has 0 bridgehead atoms. The summed E-state index contributed by atoms with van der Waals surface area (Å²) in [7, 11) is 0. The van der Waals surface area contributed by atoms with Gasteiger partial charge in [-0.15, -0.1) is 0 Å². The molecule has 0 amide bonds. The van der Waals surface area contributed by atoms with E-state index in [-0.39, 0.29) is 6.04 Å². The third-order valence-corrected chi connectivity index (χ3v) is 3.70. The number of likely N-dealkylation sites (tertiary alicyclic amines) is 1. The molecule has 2 nitrogen and oxygen atoms in total. The SMILES string of the molecule is C=C1CN(Cc2ccccc2)C(C)C1(C)O. The van der Waals surface area contributed by atoms with E-state index in [0.717, 1.165) is 18.7 Å². The monoisotopic (exact) mass is 217 g/mol. The Balaban J connectivity index is 2.11. The number of benzene rings is 1. The smallest absolute Gasteiger partial charge is 0.0990 e. The Morgan fingerprint density at radius 2 is 2.06 bits per heavy atom. The van der Waals surface area contributed by atoms with Crippen LogP contribution in [0.5, 0.6) is 0 Å². The minimum atomic E-state index is -0.755. The zero-order chi connectivity index (χ0) is 11.8. The van der Waals surface area contributed by atoms with Gasteiger partial charge in [-0.25, -0.2) is 0 Å². The van der Waals surface area contributed by atoms with E-state index in [4.69, 9.17) is 0 Å². The van der Waals surface area contributed by atoms with Gasteiger partial charge in [0, 0.05) is 19.1 Å². The van der Waals surface area contributed by atoms with Gasteiger partial charge in [0.05, 0.1) is 5.60 Å². The van der Waals surface area contributed by atoms with Gasteiger partial charge in [0.2, 0.25) is 0 Å². The molecular weight excluding hydrogens is 198 g/mol. The van der Waals surface area contributed by atoms with E-state index in [9.17, 15) is 5.11 Å². The minimum Gasteiger partial charge on any atom is -0.384 e. The number of aliphatic hydroxyl groups is 1. The van der Waals surface area contributed by atoms with E-state index in [0.29, 0.717) is 0 Å². The lowest BCUT2D eigenvalue weighted by molar-refractivity contribution is 0.0478. The summed E-state index contributed by atoms with van der Waals surface area (Å²) >= 11 is 0. The Bertz CT molecular complexity index is 383. The van der Waals surface area contributed by atoms with Crippen molar-refractivity contribution in [3.05, 3.63) is 48.0 Å². The lowest BCUT2D eigenvalue weighted by Gasteiger charge is -2.28. The fourth-order valence-electron chi connectivity index (χ4n) is 2.20. The number of hydrogen-bond acceptors (Lipinski definition) is 2. The first-order valence-electron chi connectivity index (χ1n) is 5.70. The average Bonchev–Trinajstić information content (AvgIpc) is 2.45. The van der Waals surface area contributed by atoms with E-state index in [2.05, 4.69) is 30.5 Å². The largest absolute Gasteiger partial charge is 0.384 e. The van der Waals surface area contributed by atoms with Crippen LogP contribution in [0.15, 0.2) is 42.5 Å². The molecule has 0 radical (unpaired) electrons. The van der Waals surface area contributed by atoms with Crippen molar-refractivity contribution in [2.45, 2.75) is 32.0 Å². The minimum absolute atomic E-state index is 0.125. The first-order chi connectivity index (χ1) is 7.51. The van der Waals surface area contributed by atoms with Crippen LogP contribution in [0.3, 0.4) is 0 Å². The van der Waals surface area contributed by atoms with E-state index in [1.807, 2.05) is 25.1 Å². The van der Waals surface area contributed by atoms with Gasteiger partial charge in [0.15, 0.2) is 0 Å². The zero-order valence-corrected chi connectivity index (χ0v) is 9.98. The zero-order valence-electron chi connectivity index (χ0n) is 9.98. The summed E-state index contributed by atoms with van der Waals surface area (Å²) < 4.78 is 0. The number of nitrogens with zero attached hydrogens (tertiary/aromatic N) is 1. The highest BCUT2D eigenvalue weighted by Gasteiger charge is 2.42. The second-order valence-corrected chi connectivity index (χ2v) is 4.82. The third-order valence-electron chi connectivity index (χ3n) is 3.70. The molecule has 0 aromatic heterocycles. The summed E-state index contributed by atoms with van der Waals surface area (Å²) in [5.41, 5.74) is 1.44. The van der Waals surface area contributed by atoms with Crippen LogP contribution < -0.4 is 0 Å². The molecule has 86 valence electrons. The molecule has 1 N–H and O–H groups in total. The van der Waals surface area contributed by atoms with Crippen LogP contribution in [-0.2, 0) is 6.54 Å². The molecule has 0 saturated carbocycles. The second-order valence-electron chi connectivity index (χ2n) is 4.82. The molecule has 0 aliphatic carbocycles. The molecule has 2 heteroatoms. The topological polar surface area (TPSA) is 23.5 Å². The fourth-order valence-corrected chi connectivity index (χ4v) is 2.20. The summed E-state index contributed by atoms with van der Waals surface area (Å²) in [5, 5.41) is 10.2. The van der Waals surface area contributed by atoms with Gasteiger partial charge in [-0.2, -0.15) is 0 Å². The molecule has 1 aromatic carbocycles. The quantitative estimate of drug-likeness (QED) is 0.768. The van der Waals surface area contributed by atoms with Gasteiger partial charge in [-0.1, -0.05) is 36.9 Å². The van der Waals surface area contributed by atoms with Gasteiger partial charge < -0.3 is 5.11 Å². The van der Waals surface area contributed by atoms with E-state index in [1.54, 1.807) is 0 Å². The molecule has 2 rings (SSSR count). The van der Waals surface area contributed by atoms with Crippen molar-refractivity contribution < 1.29 is 5.11 Å². The Hall–Kier alpha value is -1.12. The van der Waals surface area contributed by atoms with Crippen LogP contribution in [0.2, 0.25) is 0 Å². The molecule has 1 fully saturated rings. The Morgan fingerprint density at radius 1 is 1.44 bits per heavy atom. The van der Waals surface area contributed by atoms with Gasteiger partial charge in [0.25, 0.3) is 0 Å². The maximum atomic E-state index is 10.2. The average molecular weight is 217 g/mol. The highest BCUT2D eigenvalue weighted by Crippen LogP contribution is 2.32. The number of rotatable bonds is 2. The van der Waals surface area contributed by atoms with E-state index in [1.165, 1.54) is 5.56 Å². The summed E-state index contributed by atoms with van der Waals surface area (Å²) in [6, 6.07) is 10.5. The maximum absolute atomic E-state index is 10.2. The van der Waals surface area contributed by atoms with Crippen LogP contribution in [0.25, 0.3) is 0 Å². The molecule has 1 aliphatic heterocycles. The first kappa shape index (κ1) is 11.4. The highest BCUT2D eigenvalue weighted by molar-refractivity contribution is 5.24. The number of hydrogen-bond donors (Lipinski definition) is 1. The maximum Gasteiger partial charge on any atom is 0.0990 e. The predicted molar refractivity (Wildman–Crippen MR) is 66.1 cm³/mol. The molecule has 2 unspecified atom stereocenters. The van der Waals surface area contributed by atoms with Crippen LogP contribution in [0, 0.1) is 0 Å². The normalized spacial score (nSPS) is 30.9. The molecule has 1 aliphatic rings. The Kier molecular flexibility index (Phi) is 2.87.